The molecule has 3 heterocycles. The molecular formula is C26H27Cl2N5OS. The smallest absolute Gasteiger partial charge is 0.261 e. The first-order valence-corrected chi connectivity index (χ1v) is 13.3. The highest BCUT2D eigenvalue weighted by atomic mass is 35.5. The van der Waals surface area contributed by atoms with Gasteiger partial charge in [0.2, 0.25) is 0 Å². The Morgan fingerprint density at radius 1 is 1.11 bits per heavy atom. The monoisotopic (exact) mass is 527 g/mol. The standard InChI is InChI=1S/C26H27Cl2N5OS/c1-17-14-21-22(16-20(17)28)31-25(30-21)23-6-7-24(35-23)26(34)29-8-3-9-32-10-12-33(13-11-32)19-5-2-4-18(27)15-19/h2,4-7,14-16H,3,8-13H2,1H3,(H,29,34)(H,30,31). The minimum Gasteiger partial charge on any atom is -0.369 e. The summed E-state index contributed by atoms with van der Waals surface area (Å²) < 4.78 is 0. The number of H-pyrrole nitrogens is 1. The second kappa shape index (κ2) is 10.6. The van der Waals surface area contributed by atoms with Crippen molar-refractivity contribution in [2.75, 3.05) is 44.2 Å². The number of aromatic amines is 1. The van der Waals surface area contributed by atoms with Crippen molar-refractivity contribution in [2.45, 2.75) is 13.3 Å². The van der Waals surface area contributed by atoms with Crippen LogP contribution < -0.4 is 10.2 Å². The van der Waals surface area contributed by atoms with Crippen molar-refractivity contribution in [1.82, 2.24) is 20.2 Å². The molecule has 5 rings (SSSR count). The van der Waals surface area contributed by atoms with E-state index in [1.54, 1.807) is 0 Å². The SMILES string of the molecule is Cc1cc2[nH]c(-c3ccc(C(=O)NCCCN4CCN(c5cccc(Cl)c5)CC4)s3)nc2cc1Cl. The van der Waals surface area contributed by atoms with Gasteiger partial charge in [-0.1, -0.05) is 29.3 Å². The van der Waals surface area contributed by atoms with Gasteiger partial charge in [-0.3, -0.25) is 9.69 Å². The summed E-state index contributed by atoms with van der Waals surface area (Å²) in [7, 11) is 0. The number of benzene rings is 2. The van der Waals surface area contributed by atoms with Crippen LogP contribution in [-0.2, 0) is 0 Å². The van der Waals surface area contributed by atoms with Crippen LogP contribution in [0.5, 0.6) is 0 Å². The lowest BCUT2D eigenvalue weighted by Gasteiger charge is -2.36. The van der Waals surface area contributed by atoms with E-state index >= 15 is 0 Å². The number of rotatable bonds is 7. The highest BCUT2D eigenvalue weighted by Crippen LogP contribution is 2.30. The summed E-state index contributed by atoms with van der Waals surface area (Å²) in [4.78, 5) is 27.1. The molecule has 2 N–H and O–H groups in total. The van der Waals surface area contributed by atoms with Gasteiger partial charge in [0.05, 0.1) is 20.8 Å². The van der Waals surface area contributed by atoms with Gasteiger partial charge in [-0.2, -0.15) is 0 Å². The number of thiophene rings is 1. The maximum Gasteiger partial charge on any atom is 0.261 e. The molecule has 35 heavy (non-hydrogen) atoms. The summed E-state index contributed by atoms with van der Waals surface area (Å²) in [5, 5.41) is 4.53. The molecule has 0 aliphatic carbocycles. The molecule has 182 valence electrons. The molecule has 1 fully saturated rings. The third kappa shape index (κ3) is 5.64. The number of hydrogen-bond acceptors (Lipinski definition) is 5. The van der Waals surface area contributed by atoms with Gasteiger partial charge in [0.1, 0.15) is 5.82 Å². The van der Waals surface area contributed by atoms with Crippen LogP contribution in [0.4, 0.5) is 5.69 Å². The highest BCUT2D eigenvalue weighted by molar-refractivity contribution is 7.17. The minimum absolute atomic E-state index is 0.0398. The first-order chi connectivity index (χ1) is 17.0. The van der Waals surface area contributed by atoms with Gasteiger partial charge in [0, 0.05) is 48.5 Å². The quantitative estimate of drug-likeness (QED) is 0.296. The maximum atomic E-state index is 12.6. The van der Waals surface area contributed by atoms with Crippen molar-refractivity contribution in [1.29, 1.82) is 0 Å². The number of halogens is 2. The molecule has 1 aliphatic heterocycles. The molecule has 6 nitrogen and oxygen atoms in total. The summed E-state index contributed by atoms with van der Waals surface area (Å²) in [6.45, 7) is 7.59. The van der Waals surface area contributed by atoms with Crippen molar-refractivity contribution >= 4 is 57.2 Å². The Morgan fingerprint density at radius 2 is 1.94 bits per heavy atom. The summed E-state index contributed by atoms with van der Waals surface area (Å²) in [5.41, 5.74) is 3.95. The van der Waals surface area contributed by atoms with Crippen LogP contribution in [0.15, 0.2) is 48.5 Å². The molecule has 0 saturated carbocycles. The van der Waals surface area contributed by atoms with Crippen molar-refractivity contribution in [3.05, 3.63) is 69.0 Å². The summed E-state index contributed by atoms with van der Waals surface area (Å²) in [5.74, 6) is 0.713. The number of imidazole rings is 1. The lowest BCUT2D eigenvalue weighted by atomic mass is 10.2. The van der Waals surface area contributed by atoms with Gasteiger partial charge in [0.15, 0.2) is 0 Å². The Kier molecular flexibility index (Phi) is 7.29. The molecule has 1 aliphatic rings. The number of amides is 1. The third-order valence-electron chi connectivity index (χ3n) is 6.31. The lowest BCUT2D eigenvalue weighted by Crippen LogP contribution is -2.47. The Hall–Kier alpha value is -2.58. The Balaban J connectivity index is 1.08. The topological polar surface area (TPSA) is 64.3 Å². The lowest BCUT2D eigenvalue weighted by molar-refractivity contribution is 0.0955. The fraction of sp³-hybridized carbons (Fsp3) is 0.308. The number of aryl methyl sites for hydroxylation is 1. The van der Waals surface area contributed by atoms with Crippen LogP contribution in [0.2, 0.25) is 10.0 Å². The zero-order valence-electron chi connectivity index (χ0n) is 19.5. The maximum absolute atomic E-state index is 12.6. The number of nitrogens with one attached hydrogen (secondary N) is 2. The second-order valence-electron chi connectivity index (χ2n) is 8.79. The highest BCUT2D eigenvalue weighted by Gasteiger charge is 2.17. The van der Waals surface area contributed by atoms with Crippen LogP contribution in [0, 0.1) is 6.92 Å². The molecule has 0 radical (unpaired) electrons. The van der Waals surface area contributed by atoms with E-state index in [4.69, 9.17) is 23.2 Å². The van der Waals surface area contributed by atoms with E-state index in [2.05, 4.69) is 31.2 Å². The summed E-state index contributed by atoms with van der Waals surface area (Å²) >= 11 is 13.8. The van der Waals surface area contributed by atoms with Gasteiger partial charge in [-0.25, -0.2) is 4.98 Å². The number of aromatic nitrogens is 2. The largest absolute Gasteiger partial charge is 0.369 e. The van der Waals surface area contributed by atoms with E-state index in [0.29, 0.717) is 16.4 Å². The fourth-order valence-corrected chi connectivity index (χ4v) is 5.55. The average molecular weight is 529 g/mol. The summed E-state index contributed by atoms with van der Waals surface area (Å²) in [6.07, 6.45) is 0.921. The predicted molar refractivity (Wildman–Crippen MR) is 146 cm³/mol. The Bertz CT molecular complexity index is 1300. The van der Waals surface area contributed by atoms with E-state index in [0.717, 1.165) is 71.5 Å². The molecule has 2 aromatic carbocycles. The minimum atomic E-state index is -0.0398. The van der Waals surface area contributed by atoms with Crippen LogP contribution >= 0.6 is 34.5 Å². The number of carbonyl (C=O) groups excluding carboxylic acids is 1. The molecule has 9 heteroatoms. The van der Waals surface area contributed by atoms with Crippen molar-refractivity contribution in [3.63, 3.8) is 0 Å². The van der Waals surface area contributed by atoms with E-state index in [1.165, 1.54) is 17.0 Å². The average Bonchev–Trinajstić information content (AvgIpc) is 3.50. The zero-order chi connectivity index (χ0) is 24.4. The first kappa shape index (κ1) is 24.1. The van der Waals surface area contributed by atoms with Crippen LogP contribution in [0.1, 0.15) is 21.7 Å². The first-order valence-electron chi connectivity index (χ1n) is 11.7. The van der Waals surface area contributed by atoms with Crippen LogP contribution in [0.3, 0.4) is 0 Å². The zero-order valence-corrected chi connectivity index (χ0v) is 21.8. The van der Waals surface area contributed by atoms with Gasteiger partial charge in [0.25, 0.3) is 5.91 Å². The number of carbonyl (C=O) groups is 1. The van der Waals surface area contributed by atoms with Crippen molar-refractivity contribution in [3.8, 4) is 10.7 Å². The van der Waals surface area contributed by atoms with Gasteiger partial charge >= 0.3 is 0 Å². The molecular weight excluding hydrogens is 501 g/mol. The molecule has 0 unspecified atom stereocenters. The molecule has 4 aromatic rings. The third-order valence-corrected chi connectivity index (χ3v) is 8.04. The normalized spacial score (nSPS) is 14.5. The fourth-order valence-electron chi connectivity index (χ4n) is 4.34. The number of piperazine rings is 1. The van der Waals surface area contributed by atoms with Crippen LogP contribution in [-0.4, -0.2) is 60.0 Å². The van der Waals surface area contributed by atoms with E-state index in [9.17, 15) is 4.79 Å². The van der Waals surface area contributed by atoms with Crippen molar-refractivity contribution in [2.24, 2.45) is 0 Å². The van der Waals surface area contributed by atoms with Gasteiger partial charge in [-0.15, -0.1) is 11.3 Å². The van der Waals surface area contributed by atoms with E-state index < -0.39 is 0 Å². The molecule has 1 amide bonds. The molecule has 0 spiro atoms. The summed E-state index contributed by atoms with van der Waals surface area (Å²) in [6, 6.07) is 15.7. The number of fused-ring (bicyclic) bond motifs is 1. The van der Waals surface area contributed by atoms with E-state index in [-0.39, 0.29) is 5.91 Å². The second-order valence-corrected chi connectivity index (χ2v) is 10.7. The predicted octanol–water partition coefficient (Wildman–Crippen LogP) is 5.85. The van der Waals surface area contributed by atoms with Crippen molar-refractivity contribution < 1.29 is 4.79 Å². The molecule has 0 atom stereocenters. The van der Waals surface area contributed by atoms with Gasteiger partial charge in [-0.05, 0) is 67.9 Å². The van der Waals surface area contributed by atoms with Crippen LogP contribution in [0.25, 0.3) is 21.7 Å². The Labute approximate surface area is 218 Å². The number of hydrogen-bond donors (Lipinski definition) is 2. The van der Waals surface area contributed by atoms with E-state index in [1.807, 2.05) is 49.4 Å². The molecule has 0 bridgehead atoms. The molecule has 2 aromatic heterocycles. The number of nitrogens with zero attached hydrogens (tertiary/aromatic N) is 3. The van der Waals surface area contributed by atoms with Gasteiger partial charge < -0.3 is 15.2 Å². The molecule has 1 saturated heterocycles. The number of anilines is 1. The Morgan fingerprint density at radius 3 is 2.74 bits per heavy atom.